The minimum Gasteiger partial charge on any atom is -0.303 e. The molecular formula is C20H31NO3. The zero-order valence-corrected chi connectivity index (χ0v) is 14.9. The minimum atomic E-state index is -0.276. The van der Waals surface area contributed by atoms with Gasteiger partial charge in [-0.3, -0.25) is 10.1 Å². The van der Waals surface area contributed by atoms with E-state index in [1.54, 1.807) is 6.08 Å². The molecule has 0 atom stereocenters. The van der Waals surface area contributed by atoms with Gasteiger partial charge in [0.05, 0.1) is 11.3 Å². The molecule has 0 saturated carbocycles. The molecule has 0 spiro atoms. The summed E-state index contributed by atoms with van der Waals surface area (Å²) in [5.41, 5.74) is 0.296. The first kappa shape index (κ1) is 22.0. The van der Waals surface area contributed by atoms with Crippen LogP contribution >= 0.6 is 0 Å². The average Bonchev–Trinajstić information content (AvgIpc) is 2.57. The van der Waals surface area contributed by atoms with E-state index in [0.717, 1.165) is 57.7 Å². The highest BCUT2D eigenvalue weighted by Gasteiger charge is 2.06. The quantitative estimate of drug-likeness (QED) is 0.123. The van der Waals surface area contributed by atoms with Crippen LogP contribution in [-0.4, -0.2) is 11.2 Å². The molecule has 0 aromatic rings. The molecule has 0 heterocycles. The lowest BCUT2D eigenvalue weighted by molar-refractivity contribution is -0.427. The third-order valence-electron chi connectivity index (χ3n) is 3.49. The van der Waals surface area contributed by atoms with Crippen molar-refractivity contribution in [3.8, 4) is 0 Å². The number of rotatable bonds is 15. The number of nitro groups is 1. The van der Waals surface area contributed by atoms with Crippen LogP contribution in [-0.2, 0) is 4.79 Å². The molecule has 0 unspecified atom stereocenters. The Morgan fingerprint density at radius 1 is 0.875 bits per heavy atom. The van der Waals surface area contributed by atoms with Crippen molar-refractivity contribution in [2.24, 2.45) is 0 Å². The van der Waals surface area contributed by atoms with Crippen LogP contribution in [0.15, 0.2) is 48.2 Å². The van der Waals surface area contributed by atoms with Crippen molar-refractivity contribution in [3.05, 3.63) is 58.3 Å². The smallest absolute Gasteiger partial charge is 0.246 e. The van der Waals surface area contributed by atoms with Crippen molar-refractivity contribution in [1.82, 2.24) is 0 Å². The Hall–Kier alpha value is -1.97. The van der Waals surface area contributed by atoms with E-state index in [1.165, 1.54) is 0 Å². The van der Waals surface area contributed by atoms with Gasteiger partial charge >= 0.3 is 0 Å². The van der Waals surface area contributed by atoms with Gasteiger partial charge in [-0.1, -0.05) is 56.2 Å². The number of nitrogens with zero attached hydrogens (tertiary/aromatic N) is 1. The van der Waals surface area contributed by atoms with Gasteiger partial charge in [-0.15, -0.1) is 0 Å². The minimum absolute atomic E-state index is 0.276. The summed E-state index contributed by atoms with van der Waals surface area (Å²) < 4.78 is 0. The van der Waals surface area contributed by atoms with E-state index in [9.17, 15) is 14.9 Å². The summed E-state index contributed by atoms with van der Waals surface area (Å²) in [6.45, 7) is 2.12. The first-order valence-corrected chi connectivity index (χ1v) is 8.94. The van der Waals surface area contributed by atoms with Crippen LogP contribution in [0.3, 0.4) is 0 Å². The molecule has 134 valence electrons. The van der Waals surface area contributed by atoms with E-state index < -0.39 is 0 Å². The summed E-state index contributed by atoms with van der Waals surface area (Å²) in [7, 11) is 0. The number of allylic oxidation sites excluding steroid dienone is 7. The molecule has 0 rings (SSSR count). The Morgan fingerprint density at radius 2 is 1.54 bits per heavy atom. The molecule has 0 aliphatic carbocycles. The van der Waals surface area contributed by atoms with Gasteiger partial charge in [0.25, 0.3) is 0 Å². The SMILES string of the molecule is CCCCC/C=C(\C/C=C\C/C=C\C/C=C\CCCC=O)[N+](=O)[O-]. The maximum absolute atomic E-state index is 11.0. The molecule has 24 heavy (non-hydrogen) atoms. The highest BCUT2D eigenvalue weighted by atomic mass is 16.6. The number of unbranched alkanes of at least 4 members (excludes halogenated alkanes) is 5. The van der Waals surface area contributed by atoms with Crippen molar-refractivity contribution in [3.63, 3.8) is 0 Å². The predicted octanol–water partition coefficient (Wildman–Crippen LogP) is 5.94. The molecule has 0 amide bonds. The van der Waals surface area contributed by atoms with Gasteiger partial charge in [-0.05, 0) is 44.6 Å². The maximum atomic E-state index is 11.0. The van der Waals surface area contributed by atoms with E-state index in [0.29, 0.717) is 18.5 Å². The van der Waals surface area contributed by atoms with Crippen molar-refractivity contribution < 1.29 is 9.72 Å². The second kappa shape index (κ2) is 17.4. The van der Waals surface area contributed by atoms with Crippen LogP contribution in [0.25, 0.3) is 0 Å². The standard InChI is InChI=1S/C20H31NO3/c1-2-3-4-14-17-20(21(23)24)18-15-12-10-8-6-5-7-9-11-13-16-19-22/h6-9,12,15,17,19H,2-5,10-11,13-14,16,18H2,1H3/b8-6-,9-7-,15-12-,20-17+. The van der Waals surface area contributed by atoms with Crippen LogP contribution in [0.2, 0.25) is 0 Å². The van der Waals surface area contributed by atoms with E-state index in [-0.39, 0.29) is 4.92 Å². The summed E-state index contributed by atoms with van der Waals surface area (Å²) in [5, 5.41) is 11.0. The third-order valence-corrected chi connectivity index (χ3v) is 3.49. The predicted molar refractivity (Wildman–Crippen MR) is 100 cm³/mol. The van der Waals surface area contributed by atoms with Crippen molar-refractivity contribution in [2.45, 2.75) is 71.1 Å². The molecule has 0 saturated heterocycles. The first-order chi connectivity index (χ1) is 11.7. The Kier molecular flexibility index (Phi) is 16.0. The summed E-state index contributed by atoms with van der Waals surface area (Å²) >= 11 is 0. The number of carbonyl (C=O) groups excluding carboxylic acids is 1. The van der Waals surface area contributed by atoms with Gasteiger partial charge in [-0.2, -0.15) is 0 Å². The molecule has 0 aliphatic heterocycles. The highest BCUT2D eigenvalue weighted by molar-refractivity contribution is 5.49. The van der Waals surface area contributed by atoms with Gasteiger partial charge < -0.3 is 4.79 Å². The fourth-order valence-electron chi connectivity index (χ4n) is 2.08. The number of carbonyl (C=O) groups is 1. The van der Waals surface area contributed by atoms with Crippen molar-refractivity contribution >= 4 is 6.29 Å². The van der Waals surface area contributed by atoms with Gasteiger partial charge in [0.1, 0.15) is 6.29 Å². The second-order valence-corrected chi connectivity index (χ2v) is 5.64. The number of aldehydes is 1. The lowest BCUT2D eigenvalue weighted by Crippen LogP contribution is -1.97. The lowest BCUT2D eigenvalue weighted by Gasteiger charge is -1.95. The molecule has 4 heteroatoms. The van der Waals surface area contributed by atoms with Crippen LogP contribution in [0.1, 0.15) is 71.1 Å². The summed E-state index contributed by atoms with van der Waals surface area (Å²) in [6.07, 6.45) is 23.5. The molecule has 0 aromatic heterocycles. The van der Waals surface area contributed by atoms with Gasteiger partial charge in [0, 0.05) is 6.42 Å². The molecular weight excluding hydrogens is 302 g/mol. The largest absolute Gasteiger partial charge is 0.303 e. The molecule has 0 N–H and O–H groups in total. The Balaban J connectivity index is 3.89. The zero-order valence-electron chi connectivity index (χ0n) is 14.9. The Bertz CT molecular complexity index is 448. The van der Waals surface area contributed by atoms with Crippen LogP contribution < -0.4 is 0 Å². The maximum Gasteiger partial charge on any atom is 0.246 e. The Labute approximate surface area is 146 Å². The molecule has 0 fully saturated rings. The van der Waals surface area contributed by atoms with E-state index in [1.807, 2.05) is 12.2 Å². The highest BCUT2D eigenvalue weighted by Crippen LogP contribution is 2.09. The molecule has 0 bridgehead atoms. The normalized spacial score (nSPS) is 12.6. The summed E-state index contributed by atoms with van der Waals surface area (Å²) in [6, 6.07) is 0. The third kappa shape index (κ3) is 14.9. The Morgan fingerprint density at radius 3 is 2.17 bits per heavy atom. The van der Waals surface area contributed by atoms with Crippen molar-refractivity contribution in [1.29, 1.82) is 0 Å². The molecule has 4 nitrogen and oxygen atoms in total. The van der Waals surface area contributed by atoms with E-state index >= 15 is 0 Å². The van der Waals surface area contributed by atoms with Gasteiger partial charge in [0.2, 0.25) is 5.70 Å². The van der Waals surface area contributed by atoms with E-state index in [2.05, 4.69) is 31.2 Å². The lowest BCUT2D eigenvalue weighted by atomic mass is 10.1. The summed E-state index contributed by atoms with van der Waals surface area (Å²) in [5.74, 6) is 0. The van der Waals surface area contributed by atoms with Crippen LogP contribution in [0.5, 0.6) is 0 Å². The van der Waals surface area contributed by atoms with Gasteiger partial charge in [0.15, 0.2) is 0 Å². The fourth-order valence-corrected chi connectivity index (χ4v) is 2.08. The zero-order chi connectivity index (χ0) is 17.9. The van der Waals surface area contributed by atoms with Crippen LogP contribution in [0.4, 0.5) is 0 Å². The topological polar surface area (TPSA) is 60.2 Å². The average molecular weight is 333 g/mol. The molecule has 0 aliphatic rings. The van der Waals surface area contributed by atoms with Gasteiger partial charge in [-0.25, -0.2) is 0 Å². The molecule has 0 aromatic carbocycles. The monoisotopic (exact) mass is 333 g/mol. The fraction of sp³-hybridized carbons (Fsp3) is 0.550. The number of hydrogen-bond acceptors (Lipinski definition) is 3. The van der Waals surface area contributed by atoms with Crippen LogP contribution in [0, 0.1) is 10.1 Å². The van der Waals surface area contributed by atoms with Crippen molar-refractivity contribution in [2.75, 3.05) is 0 Å². The molecule has 0 radical (unpaired) electrons. The van der Waals surface area contributed by atoms with E-state index in [4.69, 9.17) is 0 Å². The first-order valence-electron chi connectivity index (χ1n) is 8.94. The second-order valence-electron chi connectivity index (χ2n) is 5.64. The summed E-state index contributed by atoms with van der Waals surface area (Å²) in [4.78, 5) is 20.8. The number of hydrogen-bond donors (Lipinski definition) is 0.